The highest BCUT2D eigenvalue weighted by Crippen LogP contribution is 2.32. The maximum absolute atomic E-state index is 13.5. The van der Waals surface area contributed by atoms with Gasteiger partial charge >= 0.3 is 5.97 Å². The van der Waals surface area contributed by atoms with E-state index < -0.39 is 16.0 Å². The Bertz CT molecular complexity index is 1120. The smallest absolute Gasteiger partial charge is 0.355 e. The molecule has 1 N–H and O–H groups in total. The van der Waals surface area contributed by atoms with E-state index in [0.717, 1.165) is 0 Å². The van der Waals surface area contributed by atoms with E-state index in [1.165, 1.54) is 4.31 Å². The lowest BCUT2D eigenvalue weighted by atomic mass is 10.2. The summed E-state index contributed by atoms with van der Waals surface area (Å²) in [5.74, 6) is -0.353. The molecule has 1 aromatic heterocycles. The first-order chi connectivity index (χ1) is 13.8. The number of carbonyl (C=O) groups excluding carboxylic acids is 1. The minimum atomic E-state index is -3.80. The summed E-state index contributed by atoms with van der Waals surface area (Å²) in [6.07, 6.45) is 0. The Balaban J connectivity index is 2.09. The zero-order valence-corrected chi connectivity index (χ0v) is 18.9. The Morgan fingerprint density at radius 3 is 2.48 bits per heavy atom. The number of aromatic nitrogens is 1. The molecule has 6 nitrogen and oxygen atoms in total. The molecule has 0 unspecified atom stereocenters. The Kier molecular flexibility index (Phi) is 6.33. The highest BCUT2D eigenvalue weighted by molar-refractivity contribution is 9.10. The lowest BCUT2D eigenvalue weighted by molar-refractivity contribution is 0.0519. The van der Waals surface area contributed by atoms with Crippen molar-refractivity contribution in [2.45, 2.75) is 25.7 Å². The van der Waals surface area contributed by atoms with Gasteiger partial charge in [-0.15, -0.1) is 0 Å². The average Bonchev–Trinajstić information content (AvgIpc) is 3.03. The summed E-state index contributed by atoms with van der Waals surface area (Å²) in [6.45, 7) is 6.28. The van der Waals surface area contributed by atoms with Gasteiger partial charge in [0.1, 0.15) is 5.69 Å². The number of ether oxygens (including phenoxy) is 1. The summed E-state index contributed by atoms with van der Waals surface area (Å²) in [7, 11) is -3.80. The summed E-state index contributed by atoms with van der Waals surface area (Å²) in [4.78, 5) is 15.3. The third kappa shape index (κ3) is 4.33. The van der Waals surface area contributed by atoms with Crippen LogP contribution in [0.15, 0.2) is 57.9 Å². The lowest BCUT2D eigenvalue weighted by Crippen LogP contribution is -2.34. The van der Waals surface area contributed by atoms with Crippen LogP contribution in [-0.4, -0.2) is 32.5 Å². The Labute approximate surface area is 179 Å². The molecular formula is C21H23BrN2O4S. The van der Waals surface area contributed by atoms with Gasteiger partial charge in [0.2, 0.25) is 0 Å². The van der Waals surface area contributed by atoms with Crippen LogP contribution in [0.25, 0.3) is 10.9 Å². The lowest BCUT2D eigenvalue weighted by Gasteiger charge is -2.26. The molecular weight excluding hydrogens is 456 g/mol. The number of para-hydroxylation sites is 1. The fourth-order valence-corrected chi connectivity index (χ4v) is 5.28. The van der Waals surface area contributed by atoms with Gasteiger partial charge in [-0.3, -0.25) is 4.31 Å². The van der Waals surface area contributed by atoms with Crippen LogP contribution in [0.1, 0.15) is 31.3 Å². The molecule has 29 heavy (non-hydrogen) atoms. The van der Waals surface area contributed by atoms with Crippen LogP contribution in [0.4, 0.5) is 5.69 Å². The molecule has 0 saturated carbocycles. The summed E-state index contributed by atoms with van der Waals surface area (Å²) >= 11 is 3.41. The van der Waals surface area contributed by atoms with Crippen molar-refractivity contribution in [3.05, 3.63) is 58.7 Å². The van der Waals surface area contributed by atoms with Gasteiger partial charge < -0.3 is 9.72 Å². The number of sulfonamides is 1. The van der Waals surface area contributed by atoms with E-state index in [4.69, 9.17) is 4.74 Å². The maximum atomic E-state index is 13.5. The first kappa shape index (κ1) is 21.4. The van der Waals surface area contributed by atoms with Gasteiger partial charge in [0.05, 0.1) is 21.7 Å². The van der Waals surface area contributed by atoms with E-state index in [2.05, 4.69) is 20.9 Å². The molecule has 3 rings (SSSR count). The molecule has 0 aliphatic heterocycles. The number of H-pyrrole nitrogens is 1. The highest BCUT2D eigenvalue weighted by atomic mass is 79.9. The molecule has 0 atom stereocenters. The fraction of sp³-hybridized carbons (Fsp3) is 0.286. The van der Waals surface area contributed by atoms with Crippen molar-refractivity contribution in [1.82, 2.24) is 4.98 Å². The predicted octanol–water partition coefficient (Wildman–Crippen LogP) is 4.96. The van der Waals surface area contributed by atoms with Crippen molar-refractivity contribution >= 4 is 48.5 Å². The number of halogens is 1. The molecule has 3 aromatic rings. The van der Waals surface area contributed by atoms with Gasteiger partial charge in [0, 0.05) is 17.4 Å². The second kappa shape index (κ2) is 8.59. The zero-order chi connectivity index (χ0) is 21.2. The molecule has 0 aliphatic carbocycles. The van der Waals surface area contributed by atoms with E-state index in [9.17, 15) is 13.2 Å². The number of nitrogens with one attached hydrogen (secondary N) is 1. The Hall–Kier alpha value is -2.32. The zero-order valence-electron chi connectivity index (χ0n) is 16.5. The molecule has 0 aliphatic rings. The van der Waals surface area contributed by atoms with Crippen LogP contribution in [0.3, 0.4) is 0 Å². The largest absolute Gasteiger partial charge is 0.461 e. The van der Waals surface area contributed by atoms with E-state index in [1.807, 2.05) is 32.0 Å². The number of rotatable bonds is 7. The van der Waals surface area contributed by atoms with Crippen molar-refractivity contribution in [2.24, 2.45) is 5.92 Å². The van der Waals surface area contributed by atoms with Crippen LogP contribution in [-0.2, 0) is 14.8 Å². The third-order valence-electron chi connectivity index (χ3n) is 4.35. The SMILES string of the molecule is CCOC(=O)c1[nH]c2ccc(S(=O)(=O)N(CC(C)C)c3ccccc3)cc2c1Br. The number of carbonyl (C=O) groups is 1. The number of esters is 1. The van der Waals surface area contributed by atoms with Gasteiger partial charge in [-0.2, -0.15) is 0 Å². The molecule has 154 valence electrons. The van der Waals surface area contributed by atoms with Crippen molar-refractivity contribution in [2.75, 3.05) is 17.5 Å². The molecule has 0 radical (unpaired) electrons. The average molecular weight is 479 g/mol. The molecule has 0 amide bonds. The van der Waals surface area contributed by atoms with Crippen LogP contribution >= 0.6 is 15.9 Å². The monoisotopic (exact) mass is 478 g/mol. The number of nitrogens with zero attached hydrogens (tertiary/aromatic N) is 1. The minimum Gasteiger partial charge on any atom is -0.461 e. The fourth-order valence-electron chi connectivity index (χ4n) is 3.04. The van der Waals surface area contributed by atoms with Gasteiger partial charge in [-0.25, -0.2) is 13.2 Å². The van der Waals surface area contributed by atoms with Gasteiger partial charge in [-0.1, -0.05) is 32.0 Å². The third-order valence-corrected chi connectivity index (χ3v) is 6.96. The number of hydrogen-bond donors (Lipinski definition) is 1. The molecule has 8 heteroatoms. The quantitative estimate of drug-likeness (QED) is 0.486. The first-order valence-electron chi connectivity index (χ1n) is 9.31. The topological polar surface area (TPSA) is 79.5 Å². The second-order valence-corrected chi connectivity index (χ2v) is 9.66. The van der Waals surface area contributed by atoms with Crippen LogP contribution in [0.2, 0.25) is 0 Å². The number of benzene rings is 2. The normalized spacial score (nSPS) is 11.8. The van der Waals surface area contributed by atoms with Crippen molar-refractivity contribution < 1.29 is 17.9 Å². The molecule has 0 saturated heterocycles. The first-order valence-corrected chi connectivity index (χ1v) is 11.5. The van der Waals surface area contributed by atoms with Crippen LogP contribution < -0.4 is 4.31 Å². The van der Waals surface area contributed by atoms with Crippen LogP contribution in [0, 0.1) is 5.92 Å². The van der Waals surface area contributed by atoms with Crippen LogP contribution in [0.5, 0.6) is 0 Å². The molecule has 1 heterocycles. The summed E-state index contributed by atoms with van der Waals surface area (Å²) in [5, 5.41) is 0.603. The van der Waals surface area contributed by atoms with Crippen molar-refractivity contribution in [3.63, 3.8) is 0 Å². The number of hydrogen-bond acceptors (Lipinski definition) is 4. The highest BCUT2D eigenvalue weighted by Gasteiger charge is 2.27. The van der Waals surface area contributed by atoms with E-state index >= 15 is 0 Å². The van der Waals surface area contributed by atoms with E-state index in [0.29, 0.717) is 27.6 Å². The summed E-state index contributed by atoms with van der Waals surface area (Å²) in [6, 6.07) is 13.8. The standard InChI is InChI=1S/C21H23BrN2O4S/c1-4-28-21(25)20-19(22)17-12-16(10-11-18(17)23-20)29(26,27)24(13-14(2)3)15-8-6-5-7-9-15/h5-12,14,23H,4,13H2,1-3H3. The molecule has 0 fully saturated rings. The van der Waals surface area contributed by atoms with E-state index in [-0.39, 0.29) is 23.1 Å². The van der Waals surface area contributed by atoms with Gasteiger partial charge in [-0.05, 0) is 59.1 Å². The number of aromatic amines is 1. The summed E-state index contributed by atoms with van der Waals surface area (Å²) < 4.78 is 33.9. The minimum absolute atomic E-state index is 0.142. The molecule has 0 spiro atoms. The molecule has 0 bridgehead atoms. The van der Waals surface area contributed by atoms with Gasteiger partial charge in [0.15, 0.2) is 0 Å². The molecule has 2 aromatic carbocycles. The Morgan fingerprint density at radius 2 is 1.86 bits per heavy atom. The van der Waals surface area contributed by atoms with E-state index in [1.54, 1.807) is 37.3 Å². The predicted molar refractivity (Wildman–Crippen MR) is 118 cm³/mol. The second-order valence-electron chi connectivity index (χ2n) is 7.01. The van der Waals surface area contributed by atoms with Crippen molar-refractivity contribution in [1.29, 1.82) is 0 Å². The Morgan fingerprint density at radius 1 is 1.17 bits per heavy atom. The number of fused-ring (bicyclic) bond motifs is 1. The van der Waals surface area contributed by atoms with Crippen molar-refractivity contribution in [3.8, 4) is 0 Å². The maximum Gasteiger partial charge on any atom is 0.355 e. The summed E-state index contributed by atoms with van der Waals surface area (Å²) in [5.41, 5.74) is 1.52. The number of anilines is 1. The van der Waals surface area contributed by atoms with Gasteiger partial charge in [0.25, 0.3) is 10.0 Å².